The third-order valence-corrected chi connectivity index (χ3v) is 12.6. The Balaban J connectivity index is 5.94. The van der Waals surface area contributed by atoms with Gasteiger partial charge in [0.05, 0.1) is 0 Å². The molecule has 0 aromatic heterocycles. The lowest BCUT2D eigenvalue weighted by atomic mass is 11.5. The standard InChI is InChI=1S/C8H18F4O2SSi2/c1-16(2,3)7(9,10)15(13,14)8(11,12)17(4,5)6/h1-6H3. The molecule has 0 heterocycles. The highest BCUT2D eigenvalue weighted by Gasteiger charge is 2.69. The van der Waals surface area contributed by atoms with E-state index in [-0.39, 0.29) is 0 Å². The van der Waals surface area contributed by atoms with E-state index in [9.17, 15) is 26.0 Å². The van der Waals surface area contributed by atoms with E-state index in [2.05, 4.69) is 0 Å². The summed E-state index contributed by atoms with van der Waals surface area (Å²) in [5, 5.41) is 0. The summed E-state index contributed by atoms with van der Waals surface area (Å²) < 4.78 is 78.1. The Bertz CT molecular complexity index is 361. The van der Waals surface area contributed by atoms with Gasteiger partial charge in [-0.25, -0.2) is 8.42 Å². The van der Waals surface area contributed by atoms with Crippen LogP contribution < -0.4 is 0 Å². The van der Waals surface area contributed by atoms with E-state index in [1.54, 1.807) is 0 Å². The Hall–Kier alpha value is 0.104. The molecule has 0 aliphatic heterocycles. The van der Waals surface area contributed by atoms with Gasteiger partial charge in [0.15, 0.2) is 16.1 Å². The van der Waals surface area contributed by atoms with Crippen molar-refractivity contribution in [1.82, 2.24) is 0 Å². The van der Waals surface area contributed by atoms with Gasteiger partial charge in [0.1, 0.15) is 0 Å². The molecule has 17 heavy (non-hydrogen) atoms. The minimum Gasteiger partial charge on any atom is -0.217 e. The zero-order valence-electron chi connectivity index (χ0n) is 10.7. The summed E-state index contributed by atoms with van der Waals surface area (Å²) in [6, 6.07) is 0. The first-order chi connectivity index (χ1) is 7.00. The van der Waals surface area contributed by atoms with Gasteiger partial charge >= 0.3 is 9.76 Å². The molecular weight excluding hydrogens is 292 g/mol. The Kier molecular flexibility index (Phi) is 4.08. The molecule has 9 heteroatoms. The predicted octanol–water partition coefficient (Wildman–Crippen LogP) is 3.34. The lowest BCUT2D eigenvalue weighted by Crippen LogP contribution is -2.62. The first-order valence-electron chi connectivity index (χ1n) is 5.00. The average Bonchev–Trinajstić information content (AvgIpc) is 1.98. The van der Waals surface area contributed by atoms with Crippen LogP contribution in [0.25, 0.3) is 0 Å². The van der Waals surface area contributed by atoms with Crippen molar-refractivity contribution >= 4 is 26.0 Å². The van der Waals surface area contributed by atoms with Gasteiger partial charge in [-0.05, 0) is 0 Å². The van der Waals surface area contributed by atoms with Crippen molar-refractivity contribution in [3.63, 3.8) is 0 Å². The number of hydrogen-bond acceptors (Lipinski definition) is 2. The number of alkyl halides is 4. The van der Waals surface area contributed by atoms with Crippen LogP contribution >= 0.6 is 0 Å². The first kappa shape index (κ1) is 17.1. The number of sulfone groups is 1. The molecule has 0 aliphatic rings. The van der Waals surface area contributed by atoms with Crippen LogP contribution in [0.3, 0.4) is 0 Å². The van der Waals surface area contributed by atoms with Crippen molar-refractivity contribution in [3.05, 3.63) is 0 Å². The van der Waals surface area contributed by atoms with E-state index >= 15 is 0 Å². The van der Waals surface area contributed by atoms with Gasteiger partial charge in [0, 0.05) is 0 Å². The van der Waals surface area contributed by atoms with Crippen LogP contribution in [0, 0.1) is 0 Å². The van der Waals surface area contributed by atoms with E-state index in [1.165, 1.54) is 0 Å². The molecule has 0 spiro atoms. The molecule has 0 unspecified atom stereocenters. The second-order valence-electron chi connectivity index (χ2n) is 6.04. The molecule has 0 saturated carbocycles. The van der Waals surface area contributed by atoms with E-state index in [0.717, 1.165) is 39.3 Å². The summed E-state index contributed by atoms with van der Waals surface area (Å²) in [5.41, 5.74) is 0. The maximum absolute atomic E-state index is 13.8. The topological polar surface area (TPSA) is 34.1 Å². The molecule has 0 N–H and O–H groups in total. The molecule has 0 amide bonds. The molecule has 0 aromatic carbocycles. The Morgan fingerprint density at radius 2 is 0.882 bits per heavy atom. The fourth-order valence-corrected chi connectivity index (χ4v) is 8.81. The van der Waals surface area contributed by atoms with Crippen LogP contribution in [-0.2, 0) is 9.84 Å². The van der Waals surface area contributed by atoms with Crippen LogP contribution in [-0.4, -0.2) is 34.3 Å². The number of rotatable bonds is 4. The predicted molar refractivity (Wildman–Crippen MR) is 65.5 cm³/mol. The monoisotopic (exact) mass is 310 g/mol. The molecule has 0 atom stereocenters. The van der Waals surface area contributed by atoms with Gasteiger partial charge < -0.3 is 0 Å². The highest BCUT2D eigenvalue weighted by molar-refractivity contribution is 7.97. The molecule has 104 valence electrons. The van der Waals surface area contributed by atoms with Crippen LogP contribution in [0.5, 0.6) is 0 Å². The van der Waals surface area contributed by atoms with E-state index in [4.69, 9.17) is 0 Å². The van der Waals surface area contributed by atoms with Crippen molar-refractivity contribution in [1.29, 1.82) is 0 Å². The summed E-state index contributed by atoms with van der Waals surface area (Å²) in [4.78, 5) is -8.66. The van der Waals surface area contributed by atoms with E-state index in [1.807, 2.05) is 0 Å². The quantitative estimate of drug-likeness (QED) is 0.589. The second-order valence-corrected chi connectivity index (χ2v) is 19.0. The minimum absolute atomic E-state index is 1.06. The fourth-order valence-electron chi connectivity index (χ4n) is 0.967. The molecular formula is C8H18F4O2SSi2. The summed E-state index contributed by atoms with van der Waals surface area (Å²) in [6.45, 7) is 6.36. The van der Waals surface area contributed by atoms with Crippen LogP contribution in [0.4, 0.5) is 17.6 Å². The summed E-state index contributed by atoms with van der Waals surface area (Å²) in [6.07, 6.45) is 0. The molecule has 0 saturated heterocycles. The SMILES string of the molecule is C[Si](C)(C)C(F)(F)S(=O)(=O)C(F)(F)[Si](C)(C)C. The average molecular weight is 310 g/mol. The van der Waals surface area contributed by atoms with Crippen LogP contribution in [0.1, 0.15) is 0 Å². The molecule has 0 fully saturated rings. The third-order valence-electron chi connectivity index (χ3n) is 2.42. The Morgan fingerprint density at radius 1 is 0.706 bits per heavy atom. The molecule has 0 rings (SSSR count). The summed E-state index contributed by atoms with van der Waals surface area (Å²) in [7, 11) is -13.0. The van der Waals surface area contributed by atoms with Crippen molar-refractivity contribution in [2.24, 2.45) is 0 Å². The van der Waals surface area contributed by atoms with Gasteiger partial charge in [-0.1, -0.05) is 39.3 Å². The van der Waals surface area contributed by atoms with E-state index in [0.29, 0.717) is 0 Å². The highest BCUT2D eigenvalue weighted by atomic mass is 32.2. The van der Waals surface area contributed by atoms with Gasteiger partial charge in [-0.2, -0.15) is 17.6 Å². The highest BCUT2D eigenvalue weighted by Crippen LogP contribution is 2.44. The largest absolute Gasteiger partial charge is 0.328 e. The first-order valence-corrected chi connectivity index (χ1v) is 13.5. The Morgan fingerprint density at radius 3 is 1.00 bits per heavy atom. The summed E-state index contributed by atoms with van der Waals surface area (Å²) >= 11 is 0. The maximum atomic E-state index is 13.8. The minimum atomic E-state index is -5.80. The molecule has 0 aromatic rings. The normalized spacial score (nSPS) is 16.1. The third kappa shape index (κ3) is 2.46. The zero-order valence-corrected chi connectivity index (χ0v) is 13.6. The molecule has 0 radical (unpaired) electrons. The van der Waals surface area contributed by atoms with Gasteiger partial charge in [0.25, 0.3) is 9.84 Å². The Labute approximate surface area is 101 Å². The maximum Gasteiger partial charge on any atom is 0.328 e. The van der Waals surface area contributed by atoms with Crippen LogP contribution in [0.2, 0.25) is 39.3 Å². The molecule has 2 nitrogen and oxygen atoms in total. The smallest absolute Gasteiger partial charge is 0.217 e. The number of hydrogen-bond donors (Lipinski definition) is 0. The molecule has 0 bridgehead atoms. The van der Waals surface area contributed by atoms with Gasteiger partial charge in [0.2, 0.25) is 0 Å². The van der Waals surface area contributed by atoms with Crippen molar-refractivity contribution in [2.45, 2.75) is 49.0 Å². The second kappa shape index (κ2) is 4.05. The van der Waals surface area contributed by atoms with Crippen LogP contribution in [0.15, 0.2) is 0 Å². The fraction of sp³-hybridized carbons (Fsp3) is 1.00. The van der Waals surface area contributed by atoms with E-state index < -0.39 is 35.7 Å². The lowest BCUT2D eigenvalue weighted by Gasteiger charge is -2.36. The zero-order chi connectivity index (χ0) is 14.5. The van der Waals surface area contributed by atoms with Crippen molar-refractivity contribution in [2.75, 3.05) is 0 Å². The molecule has 0 aliphatic carbocycles. The summed E-state index contributed by atoms with van der Waals surface area (Å²) in [5.74, 6) is 0. The van der Waals surface area contributed by atoms with Crippen molar-refractivity contribution < 1.29 is 26.0 Å². The van der Waals surface area contributed by atoms with Crippen molar-refractivity contribution in [3.8, 4) is 0 Å². The number of halogens is 4. The lowest BCUT2D eigenvalue weighted by molar-refractivity contribution is 0.125. The van der Waals surface area contributed by atoms with Gasteiger partial charge in [-0.15, -0.1) is 0 Å². The van der Waals surface area contributed by atoms with Gasteiger partial charge in [-0.3, -0.25) is 0 Å².